The molecule has 0 aliphatic heterocycles. The third-order valence-electron chi connectivity index (χ3n) is 3.34. The zero-order valence-electron chi connectivity index (χ0n) is 15.1. The lowest BCUT2D eigenvalue weighted by molar-refractivity contribution is -0.143. The highest BCUT2D eigenvalue weighted by Crippen LogP contribution is 2.19. The van der Waals surface area contributed by atoms with Gasteiger partial charge in [-0.05, 0) is 31.2 Å². The SMILES string of the molecule is CCOc1ccccc1C=CC(=O)OCC(=O)NC(=O)Nc1ccccc1F. The molecular weight excluding hydrogens is 367 g/mol. The van der Waals surface area contributed by atoms with Crippen molar-refractivity contribution >= 4 is 29.7 Å². The van der Waals surface area contributed by atoms with Gasteiger partial charge in [-0.25, -0.2) is 14.0 Å². The van der Waals surface area contributed by atoms with Gasteiger partial charge in [-0.3, -0.25) is 10.1 Å². The van der Waals surface area contributed by atoms with Crippen molar-refractivity contribution in [2.75, 3.05) is 18.5 Å². The zero-order chi connectivity index (χ0) is 20.4. The van der Waals surface area contributed by atoms with E-state index >= 15 is 0 Å². The van der Waals surface area contributed by atoms with E-state index in [4.69, 9.17) is 9.47 Å². The second-order valence-electron chi connectivity index (χ2n) is 5.39. The molecule has 0 fully saturated rings. The number of nitrogens with one attached hydrogen (secondary N) is 2. The quantitative estimate of drug-likeness (QED) is 0.563. The zero-order valence-corrected chi connectivity index (χ0v) is 15.1. The lowest BCUT2D eigenvalue weighted by atomic mass is 10.2. The first-order valence-electron chi connectivity index (χ1n) is 8.41. The van der Waals surface area contributed by atoms with Crippen molar-refractivity contribution in [3.05, 3.63) is 66.0 Å². The summed E-state index contributed by atoms with van der Waals surface area (Å²) < 4.78 is 23.6. The van der Waals surface area contributed by atoms with Crippen molar-refractivity contribution in [2.45, 2.75) is 6.92 Å². The first-order chi connectivity index (χ1) is 13.5. The Morgan fingerprint density at radius 1 is 1.07 bits per heavy atom. The van der Waals surface area contributed by atoms with Crippen molar-refractivity contribution in [3.63, 3.8) is 0 Å². The summed E-state index contributed by atoms with van der Waals surface area (Å²) in [4.78, 5) is 35.0. The summed E-state index contributed by atoms with van der Waals surface area (Å²) in [5, 5.41) is 4.11. The predicted molar refractivity (Wildman–Crippen MR) is 101 cm³/mol. The van der Waals surface area contributed by atoms with E-state index in [1.807, 2.05) is 12.2 Å². The van der Waals surface area contributed by atoms with Gasteiger partial charge in [0.1, 0.15) is 11.6 Å². The first-order valence-corrected chi connectivity index (χ1v) is 8.41. The fourth-order valence-electron chi connectivity index (χ4n) is 2.13. The van der Waals surface area contributed by atoms with Crippen molar-refractivity contribution < 1.29 is 28.2 Å². The molecule has 0 saturated heterocycles. The minimum atomic E-state index is -0.938. The van der Waals surface area contributed by atoms with Crippen LogP contribution in [-0.2, 0) is 14.3 Å². The molecule has 0 bridgehead atoms. The highest BCUT2D eigenvalue weighted by molar-refractivity contribution is 6.02. The van der Waals surface area contributed by atoms with E-state index in [-0.39, 0.29) is 5.69 Å². The Morgan fingerprint density at radius 2 is 1.79 bits per heavy atom. The molecular formula is C20H19FN2O5. The summed E-state index contributed by atoms with van der Waals surface area (Å²) in [6.45, 7) is 1.65. The molecule has 7 nitrogen and oxygen atoms in total. The third kappa shape index (κ3) is 6.56. The van der Waals surface area contributed by atoms with Gasteiger partial charge in [-0.1, -0.05) is 30.3 Å². The largest absolute Gasteiger partial charge is 0.493 e. The van der Waals surface area contributed by atoms with Gasteiger partial charge in [0.05, 0.1) is 12.3 Å². The molecule has 0 spiro atoms. The summed E-state index contributed by atoms with van der Waals surface area (Å²) in [6, 6.07) is 11.7. The van der Waals surface area contributed by atoms with Gasteiger partial charge in [0.2, 0.25) is 0 Å². The number of halogens is 1. The number of benzene rings is 2. The van der Waals surface area contributed by atoms with Crippen molar-refractivity contribution in [3.8, 4) is 5.75 Å². The molecule has 3 amide bonds. The first kappa shape index (κ1) is 20.6. The summed E-state index contributed by atoms with van der Waals surface area (Å²) in [7, 11) is 0. The van der Waals surface area contributed by atoms with E-state index in [1.165, 1.54) is 24.3 Å². The second-order valence-corrected chi connectivity index (χ2v) is 5.39. The summed E-state index contributed by atoms with van der Waals surface area (Å²) in [5.41, 5.74) is 0.593. The number of urea groups is 1. The second kappa shape index (κ2) is 10.5. The van der Waals surface area contributed by atoms with Crippen LogP contribution in [0.3, 0.4) is 0 Å². The van der Waals surface area contributed by atoms with E-state index in [9.17, 15) is 18.8 Å². The van der Waals surface area contributed by atoms with Crippen LogP contribution in [0, 0.1) is 5.82 Å². The summed E-state index contributed by atoms with van der Waals surface area (Å²) in [5.74, 6) is -1.66. The number of amides is 3. The van der Waals surface area contributed by atoms with Crippen LogP contribution >= 0.6 is 0 Å². The Morgan fingerprint density at radius 3 is 2.54 bits per heavy atom. The van der Waals surface area contributed by atoms with Gasteiger partial charge >= 0.3 is 12.0 Å². The Labute approximate surface area is 161 Å². The minimum absolute atomic E-state index is 0.0827. The average molecular weight is 386 g/mol. The standard InChI is InChI=1S/C20H19FN2O5/c1-2-27-17-10-6-3-7-14(17)11-12-19(25)28-13-18(24)23-20(26)22-16-9-5-4-8-15(16)21/h3-12H,2,13H2,1H3,(H2,22,23,24,26). The number of hydrogen-bond donors (Lipinski definition) is 2. The Kier molecular flexibility index (Phi) is 7.71. The maximum atomic E-state index is 13.4. The molecule has 8 heteroatoms. The number of rotatable bonds is 7. The molecule has 0 aromatic heterocycles. The summed E-state index contributed by atoms with van der Waals surface area (Å²) in [6.07, 6.45) is 2.64. The van der Waals surface area contributed by atoms with Crippen molar-refractivity contribution in [1.82, 2.24) is 5.32 Å². The smallest absolute Gasteiger partial charge is 0.331 e. The van der Waals surface area contributed by atoms with Crippen molar-refractivity contribution in [2.24, 2.45) is 0 Å². The Hall–Kier alpha value is -3.68. The highest BCUT2D eigenvalue weighted by Gasteiger charge is 2.11. The van der Waals surface area contributed by atoms with Crippen LogP contribution in [0.5, 0.6) is 5.75 Å². The van der Waals surface area contributed by atoms with Crippen LogP contribution in [0.2, 0.25) is 0 Å². The molecule has 0 heterocycles. The maximum absolute atomic E-state index is 13.4. The Bertz CT molecular complexity index is 882. The van der Waals surface area contributed by atoms with Crippen LogP contribution in [-0.4, -0.2) is 31.1 Å². The van der Waals surface area contributed by atoms with Crippen molar-refractivity contribution in [1.29, 1.82) is 0 Å². The van der Waals surface area contributed by atoms with Crippen LogP contribution in [0.15, 0.2) is 54.6 Å². The van der Waals surface area contributed by atoms with E-state index in [1.54, 1.807) is 24.3 Å². The molecule has 0 atom stereocenters. The Balaban J connectivity index is 1.80. The molecule has 0 radical (unpaired) electrons. The number of anilines is 1. The lowest BCUT2D eigenvalue weighted by Gasteiger charge is -2.07. The van der Waals surface area contributed by atoms with E-state index < -0.39 is 30.3 Å². The van der Waals surface area contributed by atoms with E-state index in [0.717, 1.165) is 12.1 Å². The number of carbonyl (C=O) groups is 3. The fourth-order valence-corrected chi connectivity index (χ4v) is 2.13. The van der Waals surface area contributed by atoms with Gasteiger partial charge in [0.25, 0.3) is 5.91 Å². The number of imide groups is 1. The lowest BCUT2D eigenvalue weighted by Crippen LogP contribution is -2.37. The van der Waals surface area contributed by atoms with Gasteiger partial charge in [-0.2, -0.15) is 0 Å². The van der Waals surface area contributed by atoms with Gasteiger partial charge < -0.3 is 14.8 Å². The molecule has 2 aromatic carbocycles. The maximum Gasteiger partial charge on any atom is 0.331 e. The van der Waals surface area contributed by atoms with Crippen LogP contribution in [0.4, 0.5) is 14.9 Å². The van der Waals surface area contributed by atoms with E-state index in [0.29, 0.717) is 17.9 Å². The topological polar surface area (TPSA) is 93.7 Å². The third-order valence-corrected chi connectivity index (χ3v) is 3.34. The molecule has 2 rings (SSSR count). The number of carbonyl (C=O) groups excluding carboxylic acids is 3. The fraction of sp³-hybridized carbons (Fsp3) is 0.150. The molecule has 0 unspecified atom stereocenters. The molecule has 0 aliphatic rings. The monoisotopic (exact) mass is 386 g/mol. The highest BCUT2D eigenvalue weighted by atomic mass is 19.1. The molecule has 28 heavy (non-hydrogen) atoms. The molecule has 2 N–H and O–H groups in total. The molecule has 0 saturated carbocycles. The minimum Gasteiger partial charge on any atom is -0.493 e. The number of para-hydroxylation sites is 2. The van der Waals surface area contributed by atoms with Crippen LogP contribution < -0.4 is 15.4 Å². The van der Waals surface area contributed by atoms with Crippen LogP contribution in [0.1, 0.15) is 12.5 Å². The van der Waals surface area contributed by atoms with Gasteiger partial charge in [0.15, 0.2) is 6.61 Å². The molecule has 2 aromatic rings. The predicted octanol–water partition coefficient (Wildman–Crippen LogP) is 3.13. The van der Waals surface area contributed by atoms with Gasteiger partial charge in [-0.15, -0.1) is 0 Å². The van der Waals surface area contributed by atoms with E-state index in [2.05, 4.69) is 5.32 Å². The average Bonchev–Trinajstić information content (AvgIpc) is 2.67. The van der Waals surface area contributed by atoms with Gasteiger partial charge in [0, 0.05) is 11.6 Å². The number of hydrogen-bond acceptors (Lipinski definition) is 5. The molecule has 0 aliphatic carbocycles. The number of esters is 1. The van der Waals surface area contributed by atoms with Crippen LogP contribution in [0.25, 0.3) is 6.08 Å². The normalized spacial score (nSPS) is 10.4. The molecule has 146 valence electrons. The summed E-state index contributed by atoms with van der Waals surface area (Å²) >= 11 is 0. The number of ether oxygens (including phenoxy) is 2.